The van der Waals surface area contributed by atoms with Crippen LogP contribution in [0, 0.1) is 6.92 Å². The number of amides is 2. The second-order valence-electron chi connectivity index (χ2n) is 5.82. The van der Waals surface area contributed by atoms with Crippen LogP contribution in [0.5, 0.6) is 0 Å². The van der Waals surface area contributed by atoms with Crippen molar-refractivity contribution >= 4 is 50.9 Å². The van der Waals surface area contributed by atoms with Gasteiger partial charge in [0.2, 0.25) is 0 Å². The average molecular weight is 370 g/mol. The summed E-state index contributed by atoms with van der Waals surface area (Å²) in [5.74, 6) is 0.570. The Kier molecular flexibility index (Phi) is 4.19. The van der Waals surface area contributed by atoms with Crippen LogP contribution in [0.15, 0.2) is 54.7 Å². The van der Waals surface area contributed by atoms with Gasteiger partial charge in [0, 0.05) is 22.0 Å². The van der Waals surface area contributed by atoms with Gasteiger partial charge in [-0.2, -0.15) is 0 Å². The zero-order valence-corrected chi connectivity index (χ0v) is 15.1. The van der Waals surface area contributed by atoms with Crippen molar-refractivity contribution < 1.29 is 4.79 Å². The predicted octanol–water partition coefficient (Wildman–Crippen LogP) is 5.67. The molecular weight excluding hydrogens is 354 g/mol. The molecule has 0 saturated carbocycles. The SMILES string of the molecule is Cc1c(C2=CN(C(=O)Nc3ccccc3Cl)CS2)[nH]c2ccccc12. The molecule has 4 rings (SSSR count). The molecule has 0 unspecified atom stereocenters. The van der Waals surface area contributed by atoms with Crippen molar-refractivity contribution in [1.82, 2.24) is 9.88 Å². The van der Waals surface area contributed by atoms with E-state index in [4.69, 9.17) is 11.6 Å². The standard InChI is InChI=1S/C19H16ClN3OS/c1-12-13-6-2-4-8-15(13)21-18(12)17-10-23(11-25-17)19(24)22-16-9-5-3-7-14(16)20/h2-10,21H,11H2,1H3,(H,22,24). The highest BCUT2D eigenvalue weighted by atomic mass is 35.5. The third kappa shape index (κ3) is 3.01. The summed E-state index contributed by atoms with van der Waals surface area (Å²) < 4.78 is 0. The summed E-state index contributed by atoms with van der Waals surface area (Å²) in [5, 5.41) is 4.58. The van der Waals surface area contributed by atoms with E-state index >= 15 is 0 Å². The number of benzene rings is 2. The number of para-hydroxylation sites is 2. The summed E-state index contributed by atoms with van der Waals surface area (Å²) in [7, 11) is 0. The van der Waals surface area contributed by atoms with Crippen LogP contribution < -0.4 is 5.32 Å². The van der Waals surface area contributed by atoms with Crippen molar-refractivity contribution in [1.29, 1.82) is 0 Å². The van der Waals surface area contributed by atoms with E-state index in [9.17, 15) is 4.79 Å². The molecule has 2 heterocycles. The summed E-state index contributed by atoms with van der Waals surface area (Å²) in [6.45, 7) is 2.10. The fourth-order valence-corrected chi connectivity index (χ4v) is 4.09. The lowest BCUT2D eigenvalue weighted by atomic mass is 10.1. The first-order valence-corrected chi connectivity index (χ1v) is 9.24. The predicted molar refractivity (Wildman–Crippen MR) is 106 cm³/mol. The number of halogens is 1. The first-order valence-electron chi connectivity index (χ1n) is 7.88. The molecule has 0 saturated heterocycles. The number of carbonyl (C=O) groups excluding carboxylic acids is 1. The molecule has 0 fully saturated rings. The molecule has 1 aliphatic heterocycles. The summed E-state index contributed by atoms with van der Waals surface area (Å²) >= 11 is 7.74. The van der Waals surface area contributed by atoms with E-state index in [1.807, 2.05) is 30.5 Å². The van der Waals surface area contributed by atoms with E-state index in [1.165, 1.54) is 10.9 Å². The van der Waals surface area contributed by atoms with E-state index in [0.717, 1.165) is 16.1 Å². The third-order valence-electron chi connectivity index (χ3n) is 4.22. The van der Waals surface area contributed by atoms with Crippen molar-refractivity contribution in [2.24, 2.45) is 0 Å². The highest BCUT2D eigenvalue weighted by Crippen LogP contribution is 2.38. The smallest absolute Gasteiger partial charge is 0.326 e. The van der Waals surface area contributed by atoms with Crippen molar-refractivity contribution in [3.8, 4) is 0 Å². The summed E-state index contributed by atoms with van der Waals surface area (Å²) in [5.41, 5.74) is 3.99. The number of nitrogens with zero attached hydrogens (tertiary/aromatic N) is 1. The molecule has 25 heavy (non-hydrogen) atoms. The Balaban J connectivity index is 1.58. The molecule has 0 aliphatic carbocycles. The number of urea groups is 1. The molecule has 0 bridgehead atoms. The molecule has 3 aromatic rings. The molecule has 1 aromatic heterocycles. The molecule has 0 atom stereocenters. The van der Waals surface area contributed by atoms with Gasteiger partial charge in [-0.3, -0.25) is 4.90 Å². The van der Waals surface area contributed by atoms with Crippen LogP contribution in [0.2, 0.25) is 5.02 Å². The number of thioether (sulfide) groups is 1. The maximum absolute atomic E-state index is 12.5. The van der Waals surface area contributed by atoms with Gasteiger partial charge in [0.1, 0.15) is 0 Å². The third-order valence-corrected chi connectivity index (χ3v) is 5.58. The zero-order valence-electron chi connectivity index (χ0n) is 13.5. The Bertz CT molecular complexity index is 995. The van der Waals surface area contributed by atoms with Crippen LogP contribution in [0.3, 0.4) is 0 Å². The molecule has 126 valence electrons. The second-order valence-corrected chi connectivity index (χ2v) is 7.21. The average Bonchev–Trinajstić information content (AvgIpc) is 3.22. The maximum Gasteiger partial charge on any atom is 0.326 e. The normalized spacial score (nSPS) is 14.0. The first-order chi connectivity index (χ1) is 12.1. The van der Waals surface area contributed by atoms with E-state index in [1.54, 1.807) is 28.8 Å². The molecule has 4 nitrogen and oxygen atoms in total. The molecule has 6 heteroatoms. The van der Waals surface area contributed by atoms with Crippen LogP contribution in [0.4, 0.5) is 10.5 Å². The van der Waals surface area contributed by atoms with Crippen LogP contribution in [-0.4, -0.2) is 21.8 Å². The van der Waals surface area contributed by atoms with E-state index in [-0.39, 0.29) is 6.03 Å². The number of nitrogens with one attached hydrogen (secondary N) is 2. The van der Waals surface area contributed by atoms with Gasteiger partial charge < -0.3 is 10.3 Å². The molecule has 1 aliphatic rings. The van der Waals surface area contributed by atoms with E-state index < -0.39 is 0 Å². The Morgan fingerprint density at radius 1 is 1.20 bits per heavy atom. The van der Waals surface area contributed by atoms with Gasteiger partial charge in [-0.25, -0.2) is 4.79 Å². The lowest BCUT2D eigenvalue weighted by Crippen LogP contribution is -2.28. The monoisotopic (exact) mass is 369 g/mol. The minimum atomic E-state index is -0.190. The van der Waals surface area contributed by atoms with Crippen LogP contribution in [0.25, 0.3) is 15.8 Å². The van der Waals surface area contributed by atoms with Crippen molar-refractivity contribution in [3.05, 3.63) is 71.0 Å². The fourth-order valence-electron chi connectivity index (χ4n) is 2.89. The minimum absolute atomic E-state index is 0.190. The molecular formula is C19H16ClN3OS. The van der Waals surface area contributed by atoms with Gasteiger partial charge in [-0.05, 0) is 30.7 Å². The number of H-pyrrole nitrogens is 1. The topological polar surface area (TPSA) is 48.1 Å². The largest absolute Gasteiger partial charge is 0.354 e. The lowest BCUT2D eigenvalue weighted by Gasteiger charge is -2.14. The number of aromatic nitrogens is 1. The Hall–Kier alpha value is -2.37. The number of hydrogen-bond acceptors (Lipinski definition) is 2. The maximum atomic E-state index is 12.5. The fraction of sp³-hybridized carbons (Fsp3) is 0.105. The van der Waals surface area contributed by atoms with Crippen LogP contribution >= 0.6 is 23.4 Å². The van der Waals surface area contributed by atoms with Gasteiger partial charge in [0.25, 0.3) is 0 Å². The number of rotatable bonds is 2. The number of carbonyl (C=O) groups is 1. The minimum Gasteiger partial charge on any atom is -0.354 e. The summed E-state index contributed by atoms with van der Waals surface area (Å²) in [6, 6.07) is 15.2. The van der Waals surface area contributed by atoms with Crippen molar-refractivity contribution in [3.63, 3.8) is 0 Å². The van der Waals surface area contributed by atoms with Crippen LogP contribution in [0.1, 0.15) is 11.3 Å². The van der Waals surface area contributed by atoms with Gasteiger partial charge in [0.05, 0.1) is 22.3 Å². The Morgan fingerprint density at radius 3 is 2.76 bits per heavy atom. The summed E-state index contributed by atoms with van der Waals surface area (Å²) in [6.07, 6.45) is 1.88. The summed E-state index contributed by atoms with van der Waals surface area (Å²) in [4.78, 5) is 18.7. The van der Waals surface area contributed by atoms with Gasteiger partial charge >= 0.3 is 6.03 Å². The number of anilines is 1. The number of aryl methyl sites for hydroxylation is 1. The quantitative estimate of drug-likeness (QED) is 0.611. The van der Waals surface area contributed by atoms with E-state index in [0.29, 0.717) is 16.6 Å². The number of hydrogen-bond donors (Lipinski definition) is 2. The highest BCUT2D eigenvalue weighted by Gasteiger charge is 2.23. The Labute approximate surface area is 154 Å². The van der Waals surface area contributed by atoms with Gasteiger partial charge in [0.15, 0.2) is 0 Å². The molecule has 0 spiro atoms. The van der Waals surface area contributed by atoms with Crippen molar-refractivity contribution in [2.45, 2.75) is 6.92 Å². The molecule has 0 radical (unpaired) electrons. The van der Waals surface area contributed by atoms with Gasteiger partial charge in [-0.1, -0.05) is 41.9 Å². The zero-order chi connectivity index (χ0) is 17.4. The molecule has 2 N–H and O–H groups in total. The highest BCUT2D eigenvalue weighted by molar-refractivity contribution is 8.08. The number of aromatic amines is 1. The van der Waals surface area contributed by atoms with E-state index in [2.05, 4.69) is 29.4 Å². The second kappa shape index (κ2) is 6.50. The molecule has 2 aromatic carbocycles. The lowest BCUT2D eigenvalue weighted by molar-refractivity contribution is 0.234. The van der Waals surface area contributed by atoms with Crippen molar-refractivity contribution in [2.75, 3.05) is 11.2 Å². The van der Waals surface area contributed by atoms with Crippen LogP contribution in [-0.2, 0) is 0 Å². The Morgan fingerprint density at radius 2 is 1.96 bits per heavy atom. The van der Waals surface area contributed by atoms with Gasteiger partial charge in [-0.15, -0.1) is 11.8 Å². The molecule has 2 amide bonds. The first kappa shape index (κ1) is 16.1. The number of fused-ring (bicyclic) bond motifs is 1.